The van der Waals surface area contributed by atoms with Crippen LogP contribution in [-0.4, -0.2) is 91.6 Å². The van der Waals surface area contributed by atoms with Gasteiger partial charge in [-0.25, -0.2) is 24.9 Å². The third kappa shape index (κ3) is 8.23. The third-order valence-corrected chi connectivity index (χ3v) is 10.8. The minimum absolute atomic E-state index is 0. The molecule has 4 aliphatic rings. The van der Waals surface area contributed by atoms with Gasteiger partial charge in [-0.15, -0.1) is 0 Å². The molecule has 2 atom stereocenters. The number of aromatic nitrogens is 6. The van der Waals surface area contributed by atoms with Crippen molar-refractivity contribution in [2.75, 3.05) is 33.7 Å². The fraction of sp³-hybridized carbons (Fsp3) is 0.475. The molecule has 6 heterocycles. The van der Waals surface area contributed by atoms with Crippen molar-refractivity contribution in [3.8, 4) is 22.8 Å². The predicted octanol–water partition coefficient (Wildman–Crippen LogP) is 5.85. The summed E-state index contributed by atoms with van der Waals surface area (Å²) in [6, 6.07) is 6.54. The molecule has 15 nitrogen and oxygen atoms in total. The lowest BCUT2D eigenvalue weighted by molar-refractivity contribution is -0.123. The first kappa shape index (κ1) is 41.4. The number of carbonyl (C=O) groups excluding carboxylic acids is 2. The quantitative estimate of drug-likeness (QED) is 0.177. The van der Waals surface area contributed by atoms with Crippen LogP contribution >= 0.6 is 0 Å². The van der Waals surface area contributed by atoms with E-state index in [9.17, 15) is 18.8 Å². The second-order valence-corrected chi connectivity index (χ2v) is 14.1. The molecule has 2 amide bonds. The van der Waals surface area contributed by atoms with Gasteiger partial charge in [0.25, 0.3) is 6.47 Å². The van der Waals surface area contributed by atoms with Gasteiger partial charge in [0.05, 0.1) is 12.4 Å². The maximum absolute atomic E-state index is 13.5. The molecule has 8 rings (SSSR count). The number of nitrogens with one attached hydrogen (secondary N) is 1. The number of aromatic amines is 1. The molecular formula is C40H51FN10O5. The lowest BCUT2D eigenvalue weighted by atomic mass is 10.0. The van der Waals surface area contributed by atoms with Crippen molar-refractivity contribution >= 4 is 41.3 Å². The van der Waals surface area contributed by atoms with Crippen molar-refractivity contribution in [1.82, 2.24) is 29.9 Å². The zero-order chi connectivity index (χ0) is 39.2. The first-order valence-corrected chi connectivity index (χ1v) is 18.9. The number of rotatable bonds is 6. The van der Waals surface area contributed by atoms with E-state index in [2.05, 4.69) is 29.7 Å². The zero-order valence-corrected chi connectivity index (χ0v) is 31.6. The Morgan fingerprint density at radius 3 is 1.62 bits per heavy atom. The summed E-state index contributed by atoms with van der Waals surface area (Å²) < 4.78 is 13.5. The highest BCUT2D eigenvalue weighted by Gasteiger charge is 2.42. The van der Waals surface area contributed by atoms with Gasteiger partial charge >= 0.3 is 0 Å². The van der Waals surface area contributed by atoms with Crippen LogP contribution in [0, 0.1) is 5.95 Å². The summed E-state index contributed by atoms with van der Waals surface area (Å²) >= 11 is 0. The number of carboxylic acid groups (broad SMARTS) is 1. The predicted molar refractivity (Wildman–Crippen MR) is 213 cm³/mol. The molecule has 0 unspecified atom stereocenters. The molecule has 56 heavy (non-hydrogen) atoms. The van der Waals surface area contributed by atoms with Crippen LogP contribution in [0.2, 0.25) is 0 Å². The molecule has 0 radical (unpaired) electrons. The number of carbonyl (C=O) groups is 3. The molecule has 2 aliphatic heterocycles. The molecule has 2 saturated carbocycles. The van der Waals surface area contributed by atoms with Crippen LogP contribution in [0.4, 0.5) is 27.4 Å². The van der Waals surface area contributed by atoms with E-state index >= 15 is 0 Å². The van der Waals surface area contributed by atoms with Crippen LogP contribution in [-0.2, 0) is 14.4 Å². The average molecular weight is 771 g/mol. The van der Waals surface area contributed by atoms with Gasteiger partial charge in [0.15, 0.2) is 23.3 Å². The van der Waals surface area contributed by atoms with Crippen molar-refractivity contribution in [1.29, 1.82) is 0 Å². The Kier molecular flexibility index (Phi) is 13.5. The Bertz CT molecular complexity index is 2070. The van der Waals surface area contributed by atoms with E-state index < -0.39 is 5.95 Å². The molecule has 0 saturated heterocycles. The molecule has 298 valence electrons. The molecule has 0 spiro atoms. The first-order chi connectivity index (χ1) is 26.6. The summed E-state index contributed by atoms with van der Waals surface area (Å²) in [6.45, 7) is 3.83. The number of nitrogens with zero attached hydrogens (tertiary/aromatic N) is 9. The number of hydrogen-bond donors (Lipinski definition) is 2. The summed E-state index contributed by atoms with van der Waals surface area (Å²) in [5.74, 6) is 2.15. The van der Waals surface area contributed by atoms with Crippen molar-refractivity contribution in [3.63, 3.8) is 0 Å². The lowest BCUT2D eigenvalue weighted by Gasteiger charge is -2.43. The van der Waals surface area contributed by atoms with E-state index in [1.54, 1.807) is 54.6 Å². The fourth-order valence-electron chi connectivity index (χ4n) is 8.17. The maximum Gasteiger partial charge on any atom is 0.290 e. The summed E-state index contributed by atoms with van der Waals surface area (Å²) in [7, 11) is 3.55. The first-order valence-electron chi connectivity index (χ1n) is 18.9. The van der Waals surface area contributed by atoms with Gasteiger partial charge in [-0.1, -0.05) is 47.0 Å². The Morgan fingerprint density at radius 2 is 1.21 bits per heavy atom. The number of amides is 2. The molecule has 0 aromatic carbocycles. The highest BCUT2D eigenvalue weighted by molar-refractivity contribution is 6.05. The second kappa shape index (κ2) is 18.2. The minimum Gasteiger partial charge on any atom is -0.483 e. The zero-order valence-electron chi connectivity index (χ0n) is 31.6. The van der Waals surface area contributed by atoms with Gasteiger partial charge in [0.1, 0.15) is 23.5 Å². The van der Waals surface area contributed by atoms with E-state index in [4.69, 9.17) is 19.9 Å². The van der Waals surface area contributed by atoms with Crippen LogP contribution in [0.1, 0.15) is 85.5 Å². The number of likely N-dealkylation sites (N-methyl/N-ethyl adjacent to an activating group) is 2. The Hall–Kier alpha value is -5.80. The number of halogens is 1. The summed E-state index contributed by atoms with van der Waals surface area (Å²) in [4.78, 5) is 78.0. The van der Waals surface area contributed by atoms with E-state index in [1.165, 1.54) is 44.0 Å². The van der Waals surface area contributed by atoms with Crippen molar-refractivity contribution in [2.45, 2.75) is 110 Å². The number of anilines is 4. The number of fused-ring (bicyclic) bond motifs is 2. The summed E-state index contributed by atoms with van der Waals surface area (Å²) in [5.41, 5.74) is 2.52. The van der Waals surface area contributed by atoms with Crippen LogP contribution in [0.3, 0.4) is 0 Å². The number of H-pyrrole nitrogens is 1. The summed E-state index contributed by atoms with van der Waals surface area (Å²) in [6.07, 6.45) is 16.8. The molecule has 2 fully saturated rings. The van der Waals surface area contributed by atoms with Crippen LogP contribution in [0.15, 0.2) is 53.8 Å². The van der Waals surface area contributed by atoms with Crippen molar-refractivity contribution in [3.05, 3.63) is 65.4 Å². The monoisotopic (exact) mass is 770 g/mol. The molecule has 16 heteroatoms. The van der Waals surface area contributed by atoms with Crippen LogP contribution in [0.25, 0.3) is 22.8 Å². The van der Waals surface area contributed by atoms with Crippen LogP contribution in [0.5, 0.6) is 0 Å². The normalized spacial score (nSPS) is 19.3. The fourth-order valence-corrected chi connectivity index (χ4v) is 8.17. The SMILES string of the molecule is C.CC[C@@H]1C(=O)N(C)c2cnc(-c3cc[nH]c(=O)c3)nc2N1C1CCCC1.CC[C@@H]1C(=O)N(C)c2cnc(-c3ccnc(F)c3)nc2N1C1CCCC1.O=CO. The summed E-state index contributed by atoms with van der Waals surface area (Å²) in [5, 5.41) is 6.89. The molecule has 4 aromatic rings. The van der Waals surface area contributed by atoms with Gasteiger partial charge in [-0.3, -0.25) is 19.2 Å². The number of pyridine rings is 2. The van der Waals surface area contributed by atoms with Crippen molar-refractivity contribution in [2.24, 2.45) is 0 Å². The molecule has 4 aromatic heterocycles. The second-order valence-electron chi connectivity index (χ2n) is 14.1. The number of hydrogen-bond acceptors (Lipinski definition) is 11. The Labute approximate surface area is 326 Å². The standard InChI is InChI=1S/C19H22FN5O.C19H23N5O2.CH2O2.CH4/c1-3-14-19(26)24(2)15-11-22-17(12-8-9-21-16(20)10-12)23-18(15)25(14)13-6-4-5-7-13;1-3-14-19(26)23(2)15-11-21-17(12-8-9-20-16(25)10-12)22-18(15)24(14)13-6-4-5-7-13;2-1-3;/h8-11,13-14H,3-7H2,1-2H3;8-11,13-14H,3-7H2,1-2H3,(H,20,25);1H,(H,2,3);1H4/t2*14-;;/m11../s1. The molecule has 2 aliphatic carbocycles. The Balaban J connectivity index is 0.000000197. The van der Waals surface area contributed by atoms with Gasteiger partial charge in [-0.2, -0.15) is 4.39 Å². The van der Waals surface area contributed by atoms with Crippen LogP contribution < -0.4 is 25.2 Å². The van der Waals surface area contributed by atoms with E-state index in [1.807, 2.05) is 13.8 Å². The third-order valence-electron chi connectivity index (χ3n) is 10.8. The minimum atomic E-state index is -0.560. The highest BCUT2D eigenvalue weighted by atomic mass is 19.1. The largest absolute Gasteiger partial charge is 0.483 e. The lowest BCUT2D eigenvalue weighted by Crippen LogP contribution is -2.55. The van der Waals surface area contributed by atoms with Gasteiger partial charge in [0.2, 0.25) is 23.3 Å². The Morgan fingerprint density at radius 1 is 0.768 bits per heavy atom. The molecule has 0 bridgehead atoms. The smallest absolute Gasteiger partial charge is 0.290 e. The highest BCUT2D eigenvalue weighted by Crippen LogP contribution is 2.41. The van der Waals surface area contributed by atoms with Gasteiger partial charge < -0.3 is 29.7 Å². The van der Waals surface area contributed by atoms with E-state index in [-0.39, 0.29) is 43.4 Å². The van der Waals surface area contributed by atoms with Gasteiger partial charge in [0, 0.05) is 61.8 Å². The molecule has 2 N–H and O–H groups in total. The van der Waals surface area contributed by atoms with E-state index in [0.717, 1.165) is 55.8 Å². The van der Waals surface area contributed by atoms with Gasteiger partial charge in [-0.05, 0) is 50.7 Å². The molecular weight excluding hydrogens is 720 g/mol. The maximum atomic E-state index is 13.5. The van der Waals surface area contributed by atoms with E-state index in [0.29, 0.717) is 40.5 Å². The topological polar surface area (TPSA) is 182 Å². The average Bonchev–Trinajstić information content (AvgIpc) is 3.93. The van der Waals surface area contributed by atoms with Crippen molar-refractivity contribution < 1.29 is 23.9 Å².